The maximum atomic E-state index is 13.3. The predicted octanol–water partition coefficient (Wildman–Crippen LogP) is 5.65. The van der Waals surface area contributed by atoms with Crippen LogP contribution in [0.5, 0.6) is 0 Å². The van der Waals surface area contributed by atoms with Crippen molar-refractivity contribution < 1.29 is 24.2 Å². The fourth-order valence-electron chi connectivity index (χ4n) is 5.00. The van der Waals surface area contributed by atoms with Crippen molar-refractivity contribution in [2.24, 2.45) is 0 Å². The van der Waals surface area contributed by atoms with Gasteiger partial charge in [0.1, 0.15) is 12.6 Å². The summed E-state index contributed by atoms with van der Waals surface area (Å²) in [6.45, 7) is 3.97. The Morgan fingerprint density at radius 1 is 0.889 bits per heavy atom. The molecule has 0 heterocycles. The van der Waals surface area contributed by atoms with Gasteiger partial charge in [0.25, 0.3) is 0 Å². The molecule has 1 aliphatic rings. The topological polar surface area (TPSA) is 83.9 Å². The lowest BCUT2D eigenvalue weighted by atomic mass is 9.78. The molecule has 1 aliphatic carbocycles. The average molecular weight is 486 g/mol. The number of hydrogen-bond acceptors (Lipinski definition) is 4. The largest absolute Gasteiger partial charge is 0.481 e. The molecule has 0 radical (unpaired) electrons. The molecule has 3 aromatic rings. The third-order valence-electron chi connectivity index (χ3n) is 7.00. The fraction of sp³-hybridized carbons (Fsp3) is 0.300. The number of carbonyl (C=O) groups excluding carboxylic acids is 2. The predicted molar refractivity (Wildman–Crippen MR) is 138 cm³/mol. The molecule has 36 heavy (non-hydrogen) atoms. The molecule has 0 unspecified atom stereocenters. The Balaban J connectivity index is 1.48. The highest BCUT2D eigenvalue weighted by Crippen LogP contribution is 2.44. The van der Waals surface area contributed by atoms with E-state index < -0.39 is 29.9 Å². The van der Waals surface area contributed by atoms with Gasteiger partial charge < -0.3 is 14.7 Å². The SMILES string of the molecule is CN(C(=O)OCC1c2ccccc2-c2ccccc21)[C@@H](CC(=O)O)C(=O)CC(C)(C)c1ccccc1. The Morgan fingerprint density at radius 3 is 1.97 bits per heavy atom. The molecule has 1 N–H and O–H groups in total. The minimum atomic E-state index is -1.15. The zero-order valence-corrected chi connectivity index (χ0v) is 20.8. The highest BCUT2D eigenvalue weighted by atomic mass is 16.6. The number of nitrogens with zero attached hydrogens (tertiary/aromatic N) is 1. The van der Waals surface area contributed by atoms with E-state index in [0.29, 0.717) is 0 Å². The minimum Gasteiger partial charge on any atom is -0.481 e. The maximum Gasteiger partial charge on any atom is 0.410 e. The first kappa shape index (κ1) is 25.2. The molecule has 0 aromatic heterocycles. The first-order chi connectivity index (χ1) is 17.2. The number of carboxylic acids is 1. The van der Waals surface area contributed by atoms with Crippen LogP contribution in [0.25, 0.3) is 11.1 Å². The number of carboxylic acid groups (broad SMARTS) is 1. The Kier molecular flexibility index (Phi) is 7.25. The van der Waals surface area contributed by atoms with Crippen LogP contribution in [-0.4, -0.2) is 47.5 Å². The summed E-state index contributed by atoms with van der Waals surface area (Å²) in [5.41, 5.74) is 4.84. The minimum absolute atomic E-state index is 0.0932. The highest BCUT2D eigenvalue weighted by molar-refractivity contribution is 5.91. The van der Waals surface area contributed by atoms with E-state index in [1.807, 2.05) is 80.6 Å². The number of amides is 1. The van der Waals surface area contributed by atoms with Crippen LogP contribution < -0.4 is 0 Å². The van der Waals surface area contributed by atoms with Gasteiger partial charge >= 0.3 is 12.1 Å². The van der Waals surface area contributed by atoms with E-state index in [1.165, 1.54) is 7.05 Å². The molecule has 6 nitrogen and oxygen atoms in total. The van der Waals surface area contributed by atoms with Crippen LogP contribution in [0.4, 0.5) is 4.79 Å². The molecule has 0 saturated heterocycles. The van der Waals surface area contributed by atoms with Gasteiger partial charge in [-0.2, -0.15) is 0 Å². The number of likely N-dealkylation sites (N-methyl/N-ethyl adjacent to an activating group) is 1. The Hall–Kier alpha value is -3.93. The number of carbonyl (C=O) groups is 3. The molecular weight excluding hydrogens is 454 g/mol. The second-order valence-electron chi connectivity index (χ2n) is 9.92. The summed E-state index contributed by atoms with van der Waals surface area (Å²) in [5, 5.41) is 9.47. The van der Waals surface area contributed by atoms with Crippen molar-refractivity contribution in [3.63, 3.8) is 0 Å². The summed E-state index contributed by atoms with van der Waals surface area (Å²) in [6.07, 6.45) is -1.10. The lowest BCUT2D eigenvalue weighted by Gasteiger charge is -2.30. The number of ketones is 1. The van der Waals surface area contributed by atoms with Crippen LogP contribution in [0.3, 0.4) is 0 Å². The van der Waals surface area contributed by atoms with Crippen LogP contribution in [0, 0.1) is 0 Å². The highest BCUT2D eigenvalue weighted by Gasteiger charge is 2.35. The van der Waals surface area contributed by atoms with Gasteiger partial charge in [-0.15, -0.1) is 0 Å². The van der Waals surface area contributed by atoms with Crippen molar-refractivity contribution in [2.75, 3.05) is 13.7 Å². The smallest absolute Gasteiger partial charge is 0.410 e. The molecule has 0 spiro atoms. The maximum absolute atomic E-state index is 13.3. The standard InChI is InChI=1S/C30H31NO5/c1-30(2,20-11-5-4-6-12-20)18-27(32)26(17-28(33)34)31(3)29(35)36-19-25-23-15-9-7-13-21(23)22-14-8-10-16-24(22)25/h4-16,25-26H,17-19H2,1-3H3,(H,33,34)/t26-/m0/s1. The number of fused-ring (bicyclic) bond motifs is 3. The Morgan fingerprint density at radius 2 is 1.42 bits per heavy atom. The van der Waals surface area contributed by atoms with E-state index in [2.05, 4.69) is 12.1 Å². The van der Waals surface area contributed by atoms with Crippen LogP contribution >= 0.6 is 0 Å². The normalized spacial score (nSPS) is 13.4. The third kappa shape index (κ3) is 5.18. The first-order valence-electron chi connectivity index (χ1n) is 12.1. The summed E-state index contributed by atoms with van der Waals surface area (Å²) in [7, 11) is 1.43. The average Bonchev–Trinajstić information content (AvgIpc) is 3.19. The number of Topliss-reactive ketones (excluding diaryl/α,β-unsaturated/α-hetero) is 1. The zero-order chi connectivity index (χ0) is 25.9. The number of benzene rings is 3. The molecule has 3 aromatic carbocycles. The number of rotatable bonds is 9. The molecule has 0 fully saturated rings. The molecular formula is C30H31NO5. The summed E-state index contributed by atoms with van der Waals surface area (Å²) in [4.78, 5) is 39.1. The molecule has 0 aliphatic heterocycles. The van der Waals surface area contributed by atoms with Gasteiger partial charge in [-0.25, -0.2) is 4.79 Å². The van der Waals surface area contributed by atoms with E-state index in [0.717, 1.165) is 32.7 Å². The van der Waals surface area contributed by atoms with E-state index in [-0.39, 0.29) is 24.7 Å². The van der Waals surface area contributed by atoms with Gasteiger partial charge in [-0.05, 0) is 33.2 Å². The van der Waals surface area contributed by atoms with E-state index >= 15 is 0 Å². The molecule has 0 saturated carbocycles. The second-order valence-corrected chi connectivity index (χ2v) is 9.92. The van der Waals surface area contributed by atoms with E-state index in [9.17, 15) is 19.5 Å². The van der Waals surface area contributed by atoms with Gasteiger partial charge in [0.2, 0.25) is 0 Å². The lowest BCUT2D eigenvalue weighted by molar-refractivity contribution is -0.141. The van der Waals surface area contributed by atoms with Crippen molar-refractivity contribution in [1.82, 2.24) is 4.90 Å². The van der Waals surface area contributed by atoms with Crippen molar-refractivity contribution in [3.05, 3.63) is 95.6 Å². The summed E-state index contributed by atoms with van der Waals surface area (Å²) in [6, 6.07) is 24.5. The lowest BCUT2D eigenvalue weighted by Crippen LogP contribution is -2.45. The van der Waals surface area contributed by atoms with Crippen molar-refractivity contribution in [3.8, 4) is 11.1 Å². The number of ether oxygens (including phenoxy) is 1. The molecule has 0 bridgehead atoms. The second kappa shape index (κ2) is 10.4. The summed E-state index contributed by atoms with van der Waals surface area (Å²) in [5.74, 6) is -1.59. The van der Waals surface area contributed by atoms with Crippen molar-refractivity contribution in [2.45, 2.75) is 44.1 Å². The van der Waals surface area contributed by atoms with Gasteiger partial charge in [0.15, 0.2) is 5.78 Å². The van der Waals surface area contributed by atoms with E-state index in [4.69, 9.17) is 4.74 Å². The Bertz CT molecular complexity index is 1220. The third-order valence-corrected chi connectivity index (χ3v) is 7.00. The monoisotopic (exact) mass is 485 g/mol. The molecule has 1 amide bonds. The van der Waals surface area contributed by atoms with E-state index in [1.54, 1.807) is 0 Å². The van der Waals surface area contributed by atoms with Gasteiger partial charge in [0, 0.05) is 19.4 Å². The Labute approximate surface area is 211 Å². The number of aliphatic carboxylic acids is 1. The molecule has 186 valence electrons. The van der Waals surface area contributed by atoms with Crippen LogP contribution in [0.1, 0.15) is 49.3 Å². The van der Waals surface area contributed by atoms with Gasteiger partial charge in [-0.1, -0.05) is 92.7 Å². The van der Waals surface area contributed by atoms with Crippen molar-refractivity contribution >= 4 is 17.8 Å². The van der Waals surface area contributed by atoms with Gasteiger partial charge in [-0.3, -0.25) is 9.59 Å². The summed E-state index contributed by atoms with van der Waals surface area (Å²) >= 11 is 0. The van der Waals surface area contributed by atoms with Crippen LogP contribution in [0.2, 0.25) is 0 Å². The fourth-order valence-corrected chi connectivity index (χ4v) is 5.00. The van der Waals surface area contributed by atoms with Crippen LogP contribution in [0.15, 0.2) is 78.9 Å². The molecule has 4 rings (SSSR count). The van der Waals surface area contributed by atoms with Gasteiger partial charge in [0.05, 0.1) is 6.42 Å². The molecule has 1 atom stereocenters. The number of hydrogen-bond donors (Lipinski definition) is 1. The van der Waals surface area contributed by atoms with Crippen LogP contribution in [-0.2, 0) is 19.7 Å². The molecule has 6 heteroatoms. The first-order valence-corrected chi connectivity index (χ1v) is 12.1. The zero-order valence-electron chi connectivity index (χ0n) is 20.8. The van der Waals surface area contributed by atoms with Crippen molar-refractivity contribution in [1.29, 1.82) is 0 Å². The quantitative estimate of drug-likeness (QED) is 0.424. The summed E-state index contributed by atoms with van der Waals surface area (Å²) < 4.78 is 5.67.